The number of H-pyrrole nitrogens is 1. The average Bonchev–Trinajstić information content (AvgIpc) is 3.42. The minimum atomic E-state index is -1.36. The van der Waals surface area contributed by atoms with Crippen LogP contribution in [0.5, 0.6) is 5.75 Å². The number of thioether (sulfide) groups is 2. The van der Waals surface area contributed by atoms with Gasteiger partial charge in [0.15, 0.2) is 5.16 Å². The van der Waals surface area contributed by atoms with Gasteiger partial charge in [0.2, 0.25) is 5.91 Å². The first-order valence-electron chi connectivity index (χ1n) is 12.6. The predicted octanol–water partition coefficient (Wildman–Crippen LogP) is -1.52. The Morgan fingerprint density at radius 1 is 1.19 bits per heavy atom. The first-order chi connectivity index (χ1) is 20.5. The number of carboxylic acid groups (broad SMARTS) is 1. The van der Waals surface area contributed by atoms with Crippen molar-refractivity contribution in [1.82, 2.24) is 40.5 Å². The average molecular weight is 633 g/mol. The van der Waals surface area contributed by atoms with Gasteiger partial charge in [-0.05, 0) is 23.3 Å². The number of hydrogen-bond acceptors (Lipinski definition) is 11. The van der Waals surface area contributed by atoms with Crippen LogP contribution in [0.25, 0.3) is 0 Å². The lowest BCUT2D eigenvalue weighted by atomic mass is 10.0. The smallest absolute Gasteiger partial charge is 0.352 e. The molecule has 2 unspecified atom stereocenters. The van der Waals surface area contributed by atoms with Gasteiger partial charge in [-0.15, -0.1) is 16.9 Å². The number of hydrogen-bond donors (Lipinski definition) is 6. The van der Waals surface area contributed by atoms with Gasteiger partial charge in [0.1, 0.15) is 28.9 Å². The Labute approximate surface area is 249 Å². The maximum absolute atomic E-state index is 13.4. The molecule has 43 heavy (non-hydrogen) atoms. The number of imide groups is 1. The fraction of sp³-hybridized carbons (Fsp3) is 0.333. The van der Waals surface area contributed by atoms with E-state index in [1.54, 1.807) is 0 Å². The monoisotopic (exact) mass is 632 g/mol. The lowest BCUT2D eigenvalue weighted by Gasteiger charge is -2.49. The Bertz CT molecular complexity index is 1670. The molecule has 2 fully saturated rings. The molecular weight excluding hydrogens is 608 g/mol. The zero-order chi connectivity index (χ0) is 31.0. The van der Waals surface area contributed by atoms with E-state index in [1.807, 2.05) is 0 Å². The quantitative estimate of drug-likeness (QED) is 0.111. The van der Waals surface area contributed by atoms with Gasteiger partial charge in [0.25, 0.3) is 5.91 Å². The SMILES string of the molecule is Cn1c(SCC2=C(C(=O)O)N3C(=O)C(NC(=O)C(NC(=O)N4CCNC4=O)c4ccc(O)cc4)[C@@H]3SC2)n[nH]c(=O)c1=O. The predicted molar refractivity (Wildman–Crippen MR) is 150 cm³/mol. The lowest BCUT2D eigenvalue weighted by molar-refractivity contribution is -0.151. The Kier molecular flexibility index (Phi) is 8.18. The molecule has 3 aliphatic heterocycles. The van der Waals surface area contributed by atoms with Gasteiger partial charge >= 0.3 is 29.2 Å². The van der Waals surface area contributed by atoms with Crippen molar-refractivity contribution in [2.45, 2.75) is 22.6 Å². The second-order valence-corrected chi connectivity index (χ2v) is 11.5. The number of carbonyl (C=O) groups is 5. The summed E-state index contributed by atoms with van der Waals surface area (Å²) in [6, 6.07) is 1.47. The molecule has 6 N–H and O–H groups in total. The fourth-order valence-corrected chi connectivity index (χ4v) is 7.01. The summed E-state index contributed by atoms with van der Waals surface area (Å²) in [5.41, 5.74) is -1.36. The van der Waals surface area contributed by atoms with E-state index >= 15 is 0 Å². The summed E-state index contributed by atoms with van der Waals surface area (Å²) in [5.74, 6) is -2.69. The molecule has 1 aromatic heterocycles. The van der Waals surface area contributed by atoms with Crippen molar-refractivity contribution >= 4 is 53.4 Å². The van der Waals surface area contributed by atoms with Crippen LogP contribution in [0.4, 0.5) is 9.59 Å². The number of benzene rings is 1. The molecule has 3 aliphatic rings. The minimum absolute atomic E-state index is 0.0491. The van der Waals surface area contributed by atoms with E-state index in [0.717, 1.165) is 26.1 Å². The Balaban J connectivity index is 1.32. The zero-order valence-corrected chi connectivity index (χ0v) is 23.9. The van der Waals surface area contributed by atoms with Crippen LogP contribution < -0.4 is 27.1 Å². The van der Waals surface area contributed by atoms with E-state index in [9.17, 15) is 43.8 Å². The number of aromatic amines is 1. The first-order valence-corrected chi connectivity index (χ1v) is 14.6. The van der Waals surface area contributed by atoms with Crippen LogP contribution in [-0.4, -0.2) is 101 Å². The van der Waals surface area contributed by atoms with Crippen LogP contribution in [0.15, 0.2) is 50.3 Å². The molecule has 0 aliphatic carbocycles. The highest BCUT2D eigenvalue weighted by Gasteiger charge is 2.54. The van der Waals surface area contributed by atoms with Gasteiger partial charge in [-0.2, -0.15) is 0 Å². The Hall–Kier alpha value is -4.78. The molecule has 2 aromatic rings. The maximum atomic E-state index is 13.4. The molecular formula is C24H24N8O9S2. The number of fused-ring (bicyclic) bond motifs is 1. The van der Waals surface area contributed by atoms with E-state index in [-0.39, 0.29) is 46.8 Å². The molecule has 0 spiro atoms. The van der Waals surface area contributed by atoms with Crippen molar-refractivity contribution < 1.29 is 34.2 Å². The highest BCUT2D eigenvalue weighted by atomic mass is 32.2. The van der Waals surface area contributed by atoms with E-state index < -0.39 is 58.4 Å². The Morgan fingerprint density at radius 3 is 2.56 bits per heavy atom. The second-order valence-electron chi connectivity index (χ2n) is 9.50. The molecule has 0 radical (unpaired) electrons. The number of nitrogens with zero attached hydrogens (tertiary/aromatic N) is 4. The van der Waals surface area contributed by atoms with Crippen molar-refractivity contribution in [2.24, 2.45) is 7.05 Å². The third-order valence-corrected chi connectivity index (χ3v) is 9.28. The summed E-state index contributed by atoms with van der Waals surface area (Å²) in [6.07, 6.45) is 0. The number of amides is 6. The van der Waals surface area contributed by atoms with E-state index in [2.05, 4.69) is 26.1 Å². The minimum Gasteiger partial charge on any atom is -0.508 e. The molecule has 5 rings (SSSR count). The third-order valence-electron chi connectivity index (χ3n) is 6.82. The summed E-state index contributed by atoms with van der Waals surface area (Å²) in [7, 11) is 1.35. The number of rotatable bonds is 8. The molecule has 1 aromatic carbocycles. The maximum Gasteiger partial charge on any atom is 0.352 e. The van der Waals surface area contributed by atoms with E-state index in [0.29, 0.717) is 5.57 Å². The van der Waals surface area contributed by atoms with Crippen molar-refractivity contribution in [3.05, 3.63) is 61.8 Å². The van der Waals surface area contributed by atoms with Gasteiger partial charge < -0.3 is 26.2 Å². The molecule has 2 saturated heterocycles. The van der Waals surface area contributed by atoms with Crippen LogP contribution in [0.1, 0.15) is 11.6 Å². The van der Waals surface area contributed by atoms with Crippen LogP contribution in [0, 0.1) is 0 Å². The first kappa shape index (κ1) is 29.7. The topological polar surface area (TPSA) is 236 Å². The fourth-order valence-electron chi connectivity index (χ4n) is 4.61. The molecule has 0 bridgehead atoms. The second kappa shape index (κ2) is 11.8. The van der Waals surface area contributed by atoms with Gasteiger partial charge in [-0.1, -0.05) is 23.9 Å². The number of aromatic hydroxyl groups is 1. The number of aromatic nitrogens is 3. The molecule has 3 atom stereocenters. The van der Waals surface area contributed by atoms with Crippen molar-refractivity contribution in [1.29, 1.82) is 0 Å². The van der Waals surface area contributed by atoms with Gasteiger partial charge in [-0.3, -0.25) is 28.6 Å². The third kappa shape index (κ3) is 5.67. The molecule has 19 heteroatoms. The van der Waals surface area contributed by atoms with E-state index in [4.69, 9.17) is 0 Å². The number of β-lactam (4-membered cyclic amide) rings is 1. The normalized spacial score (nSPS) is 20.2. The number of aliphatic carboxylic acids is 1. The molecule has 17 nitrogen and oxygen atoms in total. The molecule has 4 heterocycles. The standard InChI is InChI=1S/C24H24N8O9S2/c1-30-19(37)17(35)28-29-24(30)43-9-11-8-42-20-14(18(36)32(20)15(11)21(38)39)26-16(34)13(10-2-4-12(33)5-3-10)27-23(41)31-7-6-25-22(31)40/h2-5,13-14,20,33H,6-9H2,1H3,(H,25,40)(H,26,34)(H,27,41)(H,28,35)(H,38,39)/t13?,14?,20-/m0/s1. The highest BCUT2D eigenvalue weighted by Crippen LogP contribution is 2.41. The molecule has 226 valence electrons. The number of nitrogens with one attached hydrogen (secondary N) is 4. The van der Waals surface area contributed by atoms with Crippen molar-refractivity contribution in [3.8, 4) is 5.75 Å². The van der Waals surface area contributed by atoms with E-state index in [1.165, 1.54) is 43.1 Å². The van der Waals surface area contributed by atoms with Crippen molar-refractivity contribution in [3.63, 3.8) is 0 Å². The number of phenolic OH excluding ortho intramolecular Hbond substituents is 1. The van der Waals surface area contributed by atoms with Crippen LogP contribution in [0.2, 0.25) is 0 Å². The zero-order valence-electron chi connectivity index (χ0n) is 22.2. The lowest BCUT2D eigenvalue weighted by Crippen LogP contribution is -2.71. The summed E-state index contributed by atoms with van der Waals surface area (Å²) >= 11 is 2.22. The summed E-state index contributed by atoms with van der Waals surface area (Å²) in [6.45, 7) is 0.329. The number of urea groups is 2. The highest BCUT2D eigenvalue weighted by molar-refractivity contribution is 8.01. The number of carbonyl (C=O) groups excluding carboxylic acids is 4. The molecule has 0 saturated carbocycles. The van der Waals surface area contributed by atoms with Gasteiger partial charge in [0.05, 0.1) is 0 Å². The van der Waals surface area contributed by atoms with Crippen molar-refractivity contribution in [2.75, 3.05) is 24.6 Å². The van der Waals surface area contributed by atoms with Crippen LogP contribution in [-0.2, 0) is 21.4 Å². The summed E-state index contributed by atoms with van der Waals surface area (Å²) < 4.78 is 1.03. The Morgan fingerprint density at radius 2 is 1.91 bits per heavy atom. The summed E-state index contributed by atoms with van der Waals surface area (Å²) in [4.78, 5) is 88.9. The summed E-state index contributed by atoms with van der Waals surface area (Å²) in [5, 5.41) is 32.4. The van der Waals surface area contributed by atoms with Crippen LogP contribution in [0.3, 0.4) is 0 Å². The number of carboxylic acids is 1. The number of phenols is 1. The van der Waals surface area contributed by atoms with Gasteiger partial charge in [-0.25, -0.2) is 24.4 Å². The largest absolute Gasteiger partial charge is 0.508 e. The molecule has 6 amide bonds. The van der Waals surface area contributed by atoms with Gasteiger partial charge in [0, 0.05) is 31.6 Å². The van der Waals surface area contributed by atoms with Crippen LogP contribution >= 0.6 is 23.5 Å².